The summed E-state index contributed by atoms with van der Waals surface area (Å²) in [5.74, 6) is -1.23. The van der Waals surface area contributed by atoms with Gasteiger partial charge in [-0.25, -0.2) is 0 Å². The van der Waals surface area contributed by atoms with E-state index in [0.29, 0.717) is 24.9 Å². The fourth-order valence-corrected chi connectivity index (χ4v) is 5.87. The molecule has 3 heterocycles. The SMILES string of the molecule is CC(C)(C)OC(=O)C[C@H]1C[C@@H](CCNC(=O)c2c(-n3cnnn3)sc3c2CCC3)OC(C)(C)O1. The highest BCUT2D eigenvalue weighted by molar-refractivity contribution is 7.15. The van der Waals surface area contributed by atoms with Crippen molar-refractivity contribution in [3.63, 3.8) is 0 Å². The van der Waals surface area contributed by atoms with Gasteiger partial charge >= 0.3 is 5.97 Å². The number of rotatable bonds is 7. The summed E-state index contributed by atoms with van der Waals surface area (Å²) in [4.78, 5) is 26.7. The lowest BCUT2D eigenvalue weighted by molar-refractivity contribution is -0.300. The van der Waals surface area contributed by atoms with Gasteiger partial charge in [-0.15, -0.1) is 16.4 Å². The molecule has 0 saturated carbocycles. The fraction of sp³-hybridized carbons (Fsp3) is 0.696. The number of hydrogen-bond donors (Lipinski definition) is 1. The maximum Gasteiger partial charge on any atom is 0.308 e. The number of thiophene rings is 1. The number of carbonyl (C=O) groups is 2. The van der Waals surface area contributed by atoms with Crippen molar-refractivity contribution in [3.8, 4) is 5.00 Å². The van der Waals surface area contributed by atoms with E-state index in [0.717, 1.165) is 29.8 Å². The molecule has 11 heteroatoms. The Morgan fingerprint density at radius 2 is 2.03 bits per heavy atom. The van der Waals surface area contributed by atoms with Gasteiger partial charge in [0.25, 0.3) is 5.91 Å². The quantitative estimate of drug-likeness (QED) is 0.588. The molecule has 1 fully saturated rings. The zero-order valence-corrected chi connectivity index (χ0v) is 21.2. The number of nitrogens with zero attached hydrogens (tertiary/aromatic N) is 4. The average Bonchev–Trinajstić information content (AvgIpc) is 3.41. The molecule has 0 unspecified atom stereocenters. The Morgan fingerprint density at radius 1 is 1.26 bits per heavy atom. The maximum atomic E-state index is 13.2. The topological polar surface area (TPSA) is 117 Å². The summed E-state index contributed by atoms with van der Waals surface area (Å²) in [5, 5.41) is 15.2. The first-order valence-electron chi connectivity index (χ1n) is 11.7. The van der Waals surface area contributed by atoms with Crippen LogP contribution in [0.5, 0.6) is 0 Å². The van der Waals surface area contributed by atoms with E-state index in [2.05, 4.69) is 20.8 Å². The molecule has 34 heavy (non-hydrogen) atoms. The molecule has 2 atom stereocenters. The average molecular weight is 492 g/mol. The van der Waals surface area contributed by atoms with Gasteiger partial charge in [-0.3, -0.25) is 9.59 Å². The summed E-state index contributed by atoms with van der Waals surface area (Å²) in [6.45, 7) is 9.66. The third-order valence-electron chi connectivity index (χ3n) is 5.68. The molecule has 2 aromatic rings. The van der Waals surface area contributed by atoms with E-state index in [9.17, 15) is 9.59 Å². The number of hydrogen-bond acceptors (Lipinski definition) is 9. The zero-order valence-electron chi connectivity index (χ0n) is 20.4. The van der Waals surface area contributed by atoms with E-state index < -0.39 is 11.4 Å². The molecule has 2 aromatic heterocycles. The Hall–Kier alpha value is -2.37. The number of carbonyl (C=O) groups excluding carboxylic acids is 2. The lowest BCUT2D eigenvalue weighted by Gasteiger charge is -2.40. The van der Waals surface area contributed by atoms with Crippen LogP contribution >= 0.6 is 11.3 Å². The van der Waals surface area contributed by atoms with Gasteiger partial charge in [-0.05, 0) is 76.3 Å². The number of nitrogens with one attached hydrogen (secondary N) is 1. The number of tetrazole rings is 1. The van der Waals surface area contributed by atoms with Gasteiger partial charge < -0.3 is 19.5 Å². The van der Waals surface area contributed by atoms with Crippen LogP contribution in [0.4, 0.5) is 0 Å². The van der Waals surface area contributed by atoms with E-state index in [1.165, 1.54) is 11.2 Å². The Kier molecular flexibility index (Phi) is 7.07. The summed E-state index contributed by atoms with van der Waals surface area (Å²) in [7, 11) is 0. The lowest BCUT2D eigenvalue weighted by Crippen LogP contribution is -2.46. The number of aryl methyl sites for hydroxylation is 1. The molecule has 4 rings (SSSR count). The van der Waals surface area contributed by atoms with Gasteiger partial charge in [-0.2, -0.15) is 4.68 Å². The molecule has 0 radical (unpaired) electrons. The Labute approximate surface area is 203 Å². The van der Waals surface area contributed by atoms with Crippen LogP contribution in [0.15, 0.2) is 6.33 Å². The molecule has 0 bridgehead atoms. The van der Waals surface area contributed by atoms with Crippen LogP contribution in [-0.2, 0) is 31.8 Å². The second-order valence-electron chi connectivity index (χ2n) is 10.2. The van der Waals surface area contributed by atoms with Gasteiger partial charge in [0.15, 0.2) is 5.79 Å². The minimum absolute atomic E-state index is 0.124. The van der Waals surface area contributed by atoms with Crippen molar-refractivity contribution >= 4 is 23.2 Å². The Morgan fingerprint density at radius 3 is 2.74 bits per heavy atom. The van der Waals surface area contributed by atoms with Crippen molar-refractivity contribution in [1.82, 2.24) is 25.5 Å². The predicted octanol–water partition coefficient (Wildman–Crippen LogP) is 2.97. The molecule has 0 aromatic carbocycles. The molecular weight excluding hydrogens is 458 g/mol. The smallest absolute Gasteiger partial charge is 0.308 e. The summed E-state index contributed by atoms with van der Waals surface area (Å²) >= 11 is 1.58. The third kappa shape index (κ3) is 6.00. The summed E-state index contributed by atoms with van der Waals surface area (Å²) < 4.78 is 19.0. The summed E-state index contributed by atoms with van der Waals surface area (Å²) in [6, 6.07) is 0. The summed E-state index contributed by atoms with van der Waals surface area (Å²) in [5.41, 5.74) is 1.24. The first-order valence-corrected chi connectivity index (χ1v) is 12.6. The molecule has 10 nitrogen and oxygen atoms in total. The molecule has 2 aliphatic rings. The van der Waals surface area contributed by atoms with Crippen LogP contribution < -0.4 is 5.32 Å². The van der Waals surface area contributed by atoms with Gasteiger partial charge in [0, 0.05) is 17.8 Å². The van der Waals surface area contributed by atoms with E-state index in [1.54, 1.807) is 16.0 Å². The first-order chi connectivity index (χ1) is 16.0. The van der Waals surface area contributed by atoms with E-state index >= 15 is 0 Å². The van der Waals surface area contributed by atoms with Gasteiger partial charge in [0.2, 0.25) is 0 Å². The van der Waals surface area contributed by atoms with E-state index in [1.807, 2.05) is 34.6 Å². The van der Waals surface area contributed by atoms with Crippen LogP contribution in [0.1, 0.15) is 81.1 Å². The molecule has 1 aliphatic carbocycles. The monoisotopic (exact) mass is 491 g/mol. The van der Waals surface area contributed by atoms with Gasteiger partial charge in [-0.1, -0.05) is 0 Å². The largest absolute Gasteiger partial charge is 0.460 e. The van der Waals surface area contributed by atoms with Crippen molar-refractivity contribution in [3.05, 3.63) is 22.3 Å². The number of amides is 1. The van der Waals surface area contributed by atoms with Crippen molar-refractivity contribution in [1.29, 1.82) is 0 Å². The molecule has 1 saturated heterocycles. The minimum Gasteiger partial charge on any atom is -0.460 e. The van der Waals surface area contributed by atoms with Crippen molar-refractivity contribution in [2.75, 3.05) is 6.54 Å². The number of fused-ring (bicyclic) bond motifs is 1. The highest BCUT2D eigenvalue weighted by atomic mass is 32.1. The van der Waals surface area contributed by atoms with Crippen LogP contribution in [0, 0.1) is 0 Å². The van der Waals surface area contributed by atoms with Crippen LogP contribution in [0.25, 0.3) is 5.00 Å². The van der Waals surface area contributed by atoms with Crippen molar-refractivity contribution in [2.24, 2.45) is 0 Å². The highest BCUT2D eigenvalue weighted by Gasteiger charge is 2.37. The van der Waals surface area contributed by atoms with Crippen LogP contribution in [-0.4, -0.2) is 62.2 Å². The Bertz CT molecular complexity index is 1030. The summed E-state index contributed by atoms with van der Waals surface area (Å²) in [6.07, 6.45) is 5.32. The maximum absolute atomic E-state index is 13.2. The first kappa shape index (κ1) is 24.7. The number of esters is 1. The van der Waals surface area contributed by atoms with Crippen molar-refractivity contribution in [2.45, 2.75) is 96.7 Å². The molecule has 1 N–H and O–H groups in total. The second kappa shape index (κ2) is 9.71. The molecule has 0 spiro atoms. The standard InChI is InChI=1S/C23H33N5O5S/c1-22(2,3)33-18(29)12-15-11-14(31-23(4,5)32-15)9-10-24-20(30)19-16-7-6-8-17(16)34-21(19)28-13-25-26-27-28/h13-15H,6-12H2,1-5H3,(H,24,30)/t14-,15-/m1/s1. The lowest BCUT2D eigenvalue weighted by atomic mass is 10.0. The number of ether oxygens (including phenoxy) is 3. The van der Waals surface area contributed by atoms with E-state index in [-0.39, 0.29) is 30.5 Å². The highest BCUT2D eigenvalue weighted by Crippen LogP contribution is 2.37. The normalized spacial score (nSPS) is 21.8. The minimum atomic E-state index is -0.818. The second-order valence-corrected chi connectivity index (χ2v) is 11.3. The Balaban J connectivity index is 1.36. The molecular formula is C23H33N5O5S. The van der Waals surface area contributed by atoms with Gasteiger partial charge in [0.05, 0.1) is 24.2 Å². The number of aromatic nitrogens is 4. The van der Waals surface area contributed by atoms with Crippen LogP contribution in [0.2, 0.25) is 0 Å². The zero-order chi connectivity index (χ0) is 24.5. The molecule has 1 aliphatic heterocycles. The third-order valence-corrected chi connectivity index (χ3v) is 6.96. The predicted molar refractivity (Wildman–Crippen MR) is 125 cm³/mol. The molecule has 1 amide bonds. The van der Waals surface area contributed by atoms with Gasteiger partial charge in [0.1, 0.15) is 16.9 Å². The molecule has 186 valence electrons. The van der Waals surface area contributed by atoms with Crippen LogP contribution in [0.3, 0.4) is 0 Å². The van der Waals surface area contributed by atoms with E-state index in [4.69, 9.17) is 14.2 Å². The van der Waals surface area contributed by atoms with Crippen molar-refractivity contribution < 1.29 is 23.8 Å². The fourth-order valence-electron chi connectivity index (χ4n) is 4.57.